The van der Waals surface area contributed by atoms with Gasteiger partial charge >= 0.3 is 0 Å². The van der Waals surface area contributed by atoms with E-state index >= 15 is 0 Å². The first-order valence-electron chi connectivity index (χ1n) is 12.5. The summed E-state index contributed by atoms with van der Waals surface area (Å²) in [6, 6.07) is 19.8. The van der Waals surface area contributed by atoms with Crippen molar-refractivity contribution in [2.24, 2.45) is 5.92 Å². The molecule has 1 fully saturated rings. The van der Waals surface area contributed by atoms with Gasteiger partial charge in [-0.2, -0.15) is 0 Å². The molecule has 182 valence electrons. The number of hydrogen-bond donors (Lipinski definition) is 0. The van der Waals surface area contributed by atoms with E-state index in [0.717, 1.165) is 42.7 Å². The quantitative estimate of drug-likeness (QED) is 0.464. The summed E-state index contributed by atoms with van der Waals surface area (Å²) < 4.78 is 11.6. The van der Waals surface area contributed by atoms with Gasteiger partial charge in [-0.25, -0.2) is 0 Å². The number of nitrogens with zero attached hydrogens (tertiary/aromatic N) is 2. The van der Waals surface area contributed by atoms with Gasteiger partial charge in [-0.15, -0.1) is 0 Å². The molecule has 3 aromatic rings. The van der Waals surface area contributed by atoms with Gasteiger partial charge < -0.3 is 19.0 Å². The highest BCUT2D eigenvalue weighted by Gasteiger charge is 2.39. The van der Waals surface area contributed by atoms with E-state index in [1.54, 1.807) is 18.2 Å². The third-order valence-electron chi connectivity index (χ3n) is 6.94. The fourth-order valence-corrected chi connectivity index (χ4v) is 4.90. The van der Waals surface area contributed by atoms with Gasteiger partial charge in [0.25, 0.3) is 5.91 Å². The largest absolute Gasteiger partial charge is 0.481 e. The Kier molecular flexibility index (Phi) is 6.62. The van der Waals surface area contributed by atoms with Crippen molar-refractivity contribution in [2.75, 3.05) is 13.6 Å². The molecular weight excluding hydrogens is 440 g/mol. The van der Waals surface area contributed by atoms with Gasteiger partial charge in [0.15, 0.2) is 6.10 Å². The minimum Gasteiger partial charge on any atom is -0.481 e. The molecule has 2 atom stereocenters. The highest BCUT2D eigenvalue weighted by atomic mass is 16.5. The summed E-state index contributed by atoms with van der Waals surface area (Å²) in [5.74, 6) is 1.70. The van der Waals surface area contributed by atoms with Crippen molar-refractivity contribution in [1.82, 2.24) is 9.80 Å². The Bertz CT molecular complexity index is 1170. The van der Waals surface area contributed by atoms with Gasteiger partial charge in [0, 0.05) is 19.5 Å². The summed E-state index contributed by atoms with van der Waals surface area (Å²) in [6.45, 7) is 3.06. The number of furan rings is 1. The molecule has 35 heavy (non-hydrogen) atoms. The number of ether oxygens (including phenoxy) is 1. The van der Waals surface area contributed by atoms with E-state index in [1.165, 1.54) is 5.56 Å². The van der Waals surface area contributed by atoms with Gasteiger partial charge in [0.2, 0.25) is 5.91 Å². The normalized spacial score (nSPS) is 18.0. The highest BCUT2D eigenvalue weighted by molar-refractivity contribution is 5.82. The van der Waals surface area contributed by atoms with Crippen LogP contribution in [0.5, 0.6) is 5.75 Å². The predicted molar refractivity (Wildman–Crippen MR) is 133 cm³/mol. The second kappa shape index (κ2) is 9.98. The van der Waals surface area contributed by atoms with Gasteiger partial charge in [0.05, 0.1) is 18.8 Å². The van der Waals surface area contributed by atoms with Crippen LogP contribution in [0.2, 0.25) is 0 Å². The zero-order chi connectivity index (χ0) is 24.4. The van der Waals surface area contributed by atoms with Crippen molar-refractivity contribution < 1.29 is 18.7 Å². The Hall–Kier alpha value is -3.54. The molecule has 6 heteroatoms. The van der Waals surface area contributed by atoms with Crippen LogP contribution in [-0.4, -0.2) is 41.3 Å². The number of hydrogen-bond acceptors (Lipinski definition) is 4. The van der Waals surface area contributed by atoms with E-state index in [1.807, 2.05) is 54.3 Å². The number of rotatable bonds is 8. The van der Waals surface area contributed by atoms with Gasteiger partial charge in [-0.1, -0.05) is 43.3 Å². The molecule has 1 aliphatic carbocycles. The van der Waals surface area contributed by atoms with Crippen LogP contribution in [-0.2, 0) is 22.6 Å². The number of amides is 2. The maximum atomic E-state index is 13.2. The van der Waals surface area contributed by atoms with E-state index in [2.05, 4.69) is 18.2 Å². The van der Waals surface area contributed by atoms with E-state index in [4.69, 9.17) is 9.15 Å². The Labute approximate surface area is 206 Å². The lowest BCUT2D eigenvalue weighted by Gasteiger charge is -2.38. The van der Waals surface area contributed by atoms with Gasteiger partial charge in [0.1, 0.15) is 11.5 Å². The minimum atomic E-state index is -0.601. The Morgan fingerprint density at radius 2 is 1.91 bits per heavy atom. The summed E-state index contributed by atoms with van der Waals surface area (Å²) in [6.07, 6.45) is 4.34. The van der Waals surface area contributed by atoms with Crippen molar-refractivity contribution in [3.8, 4) is 5.75 Å². The van der Waals surface area contributed by atoms with Crippen LogP contribution < -0.4 is 4.74 Å². The monoisotopic (exact) mass is 472 g/mol. The number of fused-ring (bicyclic) bond motifs is 1. The summed E-state index contributed by atoms with van der Waals surface area (Å²) in [5.41, 5.74) is 3.40. The molecular formula is C29H32N2O4. The van der Waals surface area contributed by atoms with Crippen molar-refractivity contribution in [3.05, 3.63) is 89.4 Å². The van der Waals surface area contributed by atoms with Crippen molar-refractivity contribution in [3.63, 3.8) is 0 Å². The van der Waals surface area contributed by atoms with Gasteiger partial charge in [-0.05, 0) is 66.6 Å². The maximum absolute atomic E-state index is 13.2. The third kappa shape index (κ3) is 4.97. The fraction of sp³-hybridized carbons (Fsp3) is 0.379. The average molecular weight is 473 g/mol. The molecule has 0 saturated heterocycles. The standard InChI is InChI=1S/C29H32N2O4/c1-3-26(29(33)30(2)19-24-10-7-17-34-24)35-23-14-13-20-15-16-31(28(32)22-11-12-22)27(25(20)18-23)21-8-5-4-6-9-21/h4-10,13-14,17-18,22,26-27H,3,11-12,15-16,19H2,1-2H3. The molecule has 6 nitrogen and oxygen atoms in total. The molecule has 2 heterocycles. The second-order valence-corrected chi connectivity index (χ2v) is 9.52. The van der Waals surface area contributed by atoms with Crippen LogP contribution in [0, 0.1) is 5.92 Å². The molecule has 1 aliphatic heterocycles. The molecule has 0 radical (unpaired) electrons. The van der Waals surface area contributed by atoms with Crippen LogP contribution in [0.15, 0.2) is 71.3 Å². The lowest BCUT2D eigenvalue weighted by molar-refractivity contribution is -0.138. The molecule has 0 spiro atoms. The molecule has 2 aromatic carbocycles. The van der Waals surface area contributed by atoms with E-state index in [0.29, 0.717) is 18.7 Å². The lowest BCUT2D eigenvalue weighted by Crippen LogP contribution is -2.41. The van der Waals surface area contributed by atoms with Gasteiger partial charge in [-0.3, -0.25) is 9.59 Å². The lowest BCUT2D eigenvalue weighted by atomic mass is 9.87. The first-order valence-corrected chi connectivity index (χ1v) is 12.5. The first-order chi connectivity index (χ1) is 17.0. The summed E-state index contributed by atoms with van der Waals surface area (Å²) in [5, 5.41) is 0. The smallest absolute Gasteiger partial charge is 0.263 e. The summed E-state index contributed by atoms with van der Waals surface area (Å²) in [4.78, 5) is 30.0. The SMILES string of the molecule is CCC(Oc1ccc2c(c1)C(c1ccccc1)N(C(=O)C1CC1)CC2)C(=O)N(C)Cc1ccco1. The molecule has 2 amide bonds. The topological polar surface area (TPSA) is 63.0 Å². The number of likely N-dealkylation sites (N-methyl/N-ethyl adjacent to an activating group) is 1. The van der Waals surface area contributed by atoms with E-state index in [9.17, 15) is 9.59 Å². The molecule has 2 unspecified atom stereocenters. The van der Waals surface area contributed by atoms with Crippen LogP contribution in [0.1, 0.15) is 54.7 Å². The molecule has 5 rings (SSSR count). The Morgan fingerprint density at radius 3 is 2.60 bits per heavy atom. The number of carbonyl (C=O) groups excluding carboxylic acids is 2. The predicted octanol–water partition coefficient (Wildman–Crippen LogP) is 4.98. The zero-order valence-electron chi connectivity index (χ0n) is 20.4. The van der Waals surface area contributed by atoms with Crippen LogP contribution in [0.3, 0.4) is 0 Å². The van der Waals surface area contributed by atoms with Crippen molar-refractivity contribution in [1.29, 1.82) is 0 Å². The summed E-state index contributed by atoms with van der Waals surface area (Å²) in [7, 11) is 1.76. The van der Waals surface area contributed by atoms with E-state index in [-0.39, 0.29) is 23.8 Å². The average Bonchev–Trinajstić information content (AvgIpc) is 3.62. The zero-order valence-corrected chi connectivity index (χ0v) is 20.4. The minimum absolute atomic E-state index is 0.0910. The molecule has 2 aliphatic rings. The van der Waals surface area contributed by atoms with Crippen LogP contribution >= 0.6 is 0 Å². The van der Waals surface area contributed by atoms with Crippen molar-refractivity contribution >= 4 is 11.8 Å². The maximum Gasteiger partial charge on any atom is 0.263 e. The Balaban J connectivity index is 1.40. The molecule has 1 aromatic heterocycles. The van der Waals surface area contributed by atoms with Crippen LogP contribution in [0.25, 0.3) is 0 Å². The summed E-state index contributed by atoms with van der Waals surface area (Å²) >= 11 is 0. The number of carbonyl (C=O) groups is 2. The fourth-order valence-electron chi connectivity index (χ4n) is 4.90. The van der Waals surface area contributed by atoms with Crippen molar-refractivity contribution in [2.45, 2.75) is 51.3 Å². The van der Waals surface area contributed by atoms with E-state index < -0.39 is 6.10 Å². The van der Waals surface area contributed by atoms with Crippen LogP contribution in [0.4, 0.5) is 0 Å². The molecule has 0 bridgehead atoms. The third-order valence-corrected chi connectivity index (χ3v) is 6.94. The molecule has 1 saturated carbocycles. The second-order valence-electron chi connectivity index (χ2n) is 9.52. The Morgan fingerprint density at radius 1 is 1.11 bits per heavy atom. The number of benzene rings is 2. The molecule has 0 N–H and O–H groups in total. The highest BCUT2D eigenvalue weighted by Crippen LogP contribution is 2.41. The first kappa shape index (κ1) is 23.2.